The molecule has 2 aliphatic rings. The number of hydrogen-bond acceptors (Lipinski definition) is 3. The molecular formula is C14H28N2O. The van der Waals surface area contributed by atoms with Gasteiger partial charge >= 0.3 is 0 Å². The SMILES string of the molecule is CC(C)N1CCC(NCC2(O)CCCC2)CC1. The molecule has 3 heteroatoms. The minimum absolute atomic E-state index is 0.394. The molecule has 0 aromatic rings. The summed E-state index contributed by atoms with van der Waals surface area (Å²) in [4.78, 5) is 2.54. The zero-order valence-corrected chi connectivity index (χ0v) is 11.4. The fraction of sp³-hybridized carbons (Fsp3) is 1.00. The summed E-state index contributed by atoms with van der Waals surface area (Å²) in [6.07, 6.45) is 6.84. The number of nitrogens with one attached hydrogen (secondary N) is 1. The molecule has 2 N–H and O–H groups in total. The summed E-state index contributed by atoms with van der Waals surface area (Å²) >= 11 is 0. The van der Waals surface area contributed by atoms with E-state index in [0.29, 0.717) is 12.1 Å². The van der Waals surface area contributed by atoms with Crippen molar-refractivity contribution in [2.75, 3.05) is 19.6 Å². The molecule has 17 heavy (non-hydrogen) atoms. The maximum absolute atomic E-state index is 10.3. The first kappa shape index (κ1) is 13.3. The number of nitrogens with zero attached hydrogens (tertiary/aromatic N) is 1. The predicted octanol–water partition coefficient (Wildman–Crippen LogP) is 1.75. The van der Waals surface area contributed by atoms with E-state index in [4.69, 9.17) is 0 Å². The topological polar surface area (TPSA) is 35.5 Å². The Morgan fingerprint density at radius 3 is 2.35 bits per heavy atom. The van der Waals surface area contributed by atoms with Crippen LogP contribution in [0.5, 0.6) is 0 Å². The highest BCUT2D eigenvalue weighted by atomic mass is 16.3. The van der Waals surface area contributed by atoms with Crippen LogP contribution in [0.4, 0.5) is 0 Å². The quantitative estimate of drug-likeness (QED) is 0.786. The van der Waals surface area contributed by atoms with Crippen molar-refractivity contribution < 1.29 is 5.11 Å². The van der Waals surface area contributed by atoms with Crippen LogP contribution >= 0.6 is 0 Å². The van der Waals surface area contributed by atoms with Crippen LogP contribution in [0.2, 0.25) is 0 Å². The van der Waals surface area contributed by atoms with E-state index in [1.54, 1.807) is 0 Å². The van der Waals surface area contributed by atoms with Crippen LogP contribution in [0.15, 0.2) is 0 Å². The zero-order chi connectivity index (χ0) is 12.3. The third-order valence-electron chi connectivity index (χ3n) is 4.51. The average Bonchev–Trinajstić information content (AvgIpc) is 2.75. The Hall–Kier alpha value is -0.120. The average molecular weight is 240 g/mol. The van der Waals surface area contributed by atoms with Gasteiger partial charge in [-0.05, 0) is 52.6 Å². The monoisotopic (exact) mass is 240 g/mol. The molecule has 1 saturated heterocycles. The van der Waals surface area contributed by atoms with Crippen molar-refractivity contribution in [2.24, 2.45) is 0 Å². The van der Waals surface area contributed by atoms with Gasteiger partial charge in [-0.25, -0.2) is 0 Å². The molecular weight excluding hydrogens is 212 g/mol. The summed E-state index contributed by atoms with van der Waals surface area (Å²) < 4.78 is 0. The van der Waals surface area contributed by atoms with E-state index in [1.165, 1.54) is 38.8 Å². The number of aliphatic hydroxyl groups is 1. The Morgan fingerprint density at radius 1 is 1.24 bits per heavy atom. The van der Waals surface area contributed by atoms with E-state index in [0.717, 1.165) is 19.4 Å². The Bertz CT molecular complexity index is 228. The van der Waals surface area contributed by atoms with E-state index < -0.39 is 5.60 Å². The standard InChI is InChI=1S/C14H28N2O/c1-12(2)16-9-5-13(6-10-16)15-11-14(17)7-3-4-8-14/h12-13,15,17H,3-11H2,1-2H3. The van der Waals surface area contributed by atoms with Crippen molar-refractivity contribution in [3.05, 3.63) is 0 Å². The first-order chi connectivity index (χ1) is 8.09. The van der Waals surface area contributed by atoms with Crippen LogP contribution in [0.3, 0.4) is 0 Å². The summed E-state index contributed by atoms with van der Waals surface area (Å²) in [7, 11) is 0. The molecule has 0 aromatic carbocycles. The van der Waals surface area contributed by atoms with E-state index >= 15 is 0 Å². The number of rotatable bonds is 4. The Balaban J connectivity index is 1.68. The van der Waals surface area contributed by atoms with Crippen LogP contribution in [0.1, 0.15) is 52.4 Å². The summed E-state index contributed by atoms with van der Waals surface area (Å²) in [5.74, 6) is 0. The van der Waals surface area contributed by atoms with Crippen LogP contribution < -0.4 is 5.32 Å². The third-order valence-corrected chi connectivity index (χ3v) is 4.51. The Kier molecular flexibility index (Phi) is 4.45. The lowest BCUT2D eigenvalue weighted by molar-refractivity contribution is 0.0408. The van der Waals surface area contributed by atoms with E-state index in [9.17, 15) is 5.11 Å². The van der Waals surface area contributed by atoms with Gasteiger partial charge in [0.05, 0.1) is 5.60 Å². The normalized spacial score (nSPS) is 26.8. The maximum atomic E-state index is 10.3. The van der Waals surface area contributed by atoms with Crippen LogP contribution in [-0.2, 0) is 0 Å². The lowest BCUT2D eigenvalue weighted by Gasteiger charge is -2.36. The molecule has 0 spiro atoms. The predicted molar refractivity (Wildman–Crippen MR) is 71.2 cm³/mol. The molecule has 0 aromatic heterocycles. The molecule has 2 rings (SSSR count). The molecule has 1 saturated carbocycles. The Morgan fingerprint density at radius 2 is 1.82 bits per heavy atom. The van der Waals surface area contributed by atoms with Crippen LogP contribution in [0.25, 0.3) is 0 Å². The van der Waals surface area contributed by atoms with Gasteiger partial charge in [0.2, 0.25) is 0 Å². The second kappa shape index (κ2) is 5.68. The van der Waals surface area contributed by atoms with Crippen molar-refractivity contribution in [3.8, 4) is 0 Å². The third kappa shape index (κ3) is 3.67. The summed E-state index contributed by atoms with van der Waals surface area (Å²) in [5, 5.41) is 13.9. The smallest absolute Gasteiger partial charge is 0.0771 e. The van der Waals surface area contributed by atoms with Gasteiger partial charge in [-0.3, -0.25) is 0 Å². The van der Waals surface area contributed by atoms with Gasteiger partial charge < -0.3 is 15.3 Å². The van der Waals surface area contributed by atoms with Crippen molar-refractivity contribution in [1.82, 2.24) is 10.2 Å². The van der Waals surface area contributed by atoms with Gasteiger partial charge in [0.1, 0.15) is 0 Å². The minimum atomic E-state index is -0.394. The first-order valence-corrected chi connectivity index (χ1v) is 7.29. The molecule has 0 unspecified atom stereocenters. The van der Waals surface area contributed by atoms with Gasteiger partial charge in [0.15, 0.2) is 0 Å². The van der Waals surface area contributed by atoms with Crippen molar-refractivity contribution in [3.63, 3.8) is 0 Å². The van der Waals surface area contributed by atoms with Crippen molar-refractivity contribution in [2.45, 2.75) is 70.1 Å². The van der Waals surface area contributed by atoms with E-state index in [2.05, 4.69) is 24.1 Å². The van der Waals surface area contributed by atoms with Crippen LogP contribution in [0, 0.1) is 0 Å². The molecule has 100 valence electrons. The van der Waals surface area contributed by atoms with E-state index in [-0.39, 0.29) is 0 Å². The molecule has 1 aliphatic carbocycles. The highest BCUT2D eigenvalue weighted by Crippen LogP contribution is 2.29. The highest BCUT2D eigenvalue weighted by Gasteiger charge is 2.31. The molecule has 1 aliphatic heterocycles. The molecule has 0 atom stereocenters. The molecule has 3 nitrogen and oxygen atoms in total. The minimum Gasteiger partial charge on any atom is -0.389 e. The number of hydrogen-bond donors (Lipinski definition) is 2. The first-order valence-electron chi connectivity index (χ1n) is 7.29. The van der Waals surface area contributed by atoms with Crippen LogP contribution in [-0.4, -0.2) is 47.3 Å². The largest absolute Gasteiger partial charge is 0.389 e. The van der Waals surface area contributed by atoms with Crippen molar-refractivity contribution in [1.29, 1.82) is 0 Å². The van der Waals surface area contributed by atoms with Gasteiger partial charge in [-0.15, -0.1) is 0 Å². The second-order valence-corrected chi connectivity index (χ2v) is 6.22. The lowest BCUT2D eigenvalue weighted by Crippen LogP contribution is -2.48. The fourth-order valence-corrected chi connectivity index (χ4v) is 3.16. The van der Waals surface area contributed by atoms with Gasteiger partial charge in [0.25, 0.3) is 0 Å². The maximum Gasteiger partial charge on any atom is 0.0771 e. The second-order valence-electron chi connectivity index (χ2n) is 6.22. The summed E-state index contributed by atoms with van der Waals surface area (Å²) in [6, 6.07) is 1.30. The van der Waals surface area contributed by atoms with Gasteiger partial charge in [-0.1, -0.05) is 12.8 Å². The van der Waals surface area contributed by atoms with Gasteiger partial charge in [0, 0.05) is 18.6 Å². The van der Waals surface area contributed by atoms with Gasteiger partial charge in [-0.2, -0.15) is 0 Å². The molecule has 2 fully saturated rings. The summed E-state index contributed by atoms with van der Waals surface area (Å²) in [6.45, 7) is 7.75. The molecule has 1 heterocycles. The molecule has 0 bridgehead atoms. The molecule has 0 amide bonds. The zero-order valence-electron chi connectivity index (χ0n) is 11.4. The lowest BCUT2D eigenvalue weighted by atomic mass is 9.99. The number of piperidine rings is 1. The Labute approximate surface area is 106 Å². The highest BCUT2D eigenvalue weighted by molar-refractivity contribution is 4.88. The fourth-order valence-electron chi connectivity index (χ4n) is 3.16. The molecule has 0 radical (unpaired) electrons. The number of likely N-dealkylation sites (tertiary alicyclic amines) is 1. The van der Waals surface area contributed by atoms with Crippen molar-refractivity contribution >= 4 is 0 Å². The summed E-state index contributed by atoms with van der Waals surface area (Å²) in [5.41, 5.74) is -0.394. The van der Waals surface area contributed by atoms with E-state index in [1.807, 2.05) is 0 Å².